The third-order valence-corrected chi connectivity index (χ3v) is 3.44. The molecular formula is C15H19FN2O3. The monoisotopic (exact) mass is 294 g/mol. The predicted molar refractivity (Wildman–Crippen MR) is 75.5 cm³/mol. The smallest absolute Gasteiger partial charge is 0.317 e. The number of carbonyl (C=O) groups excluding carboxylic acids is 1. The third kappa shape index (κ3) is 4.73. The van der Waals surface area contributed by atoms with Crippen molar-refractivity contribution in [3.8, 4) is 0 Å². The summed E-state index contributed by atoms with van der Waals surface area (Å²) < 4.78 is 13.4. The average Bonchev–Trinajstić information content (AvgIpc) is 3.25. The molecule has 1 saturated carbocycles. The van der Waals surface area contributed by atoms with Crippen LogP contribution in [0, 0.1) is 5.82 Å². The summed E-state index contributed by atoms with van der Waals surface area (Å²) in [6.07, 6.45) is 2.19. The van der Waals surface area contributed by atoms with Gasteiger partial charge in [-0.25, -0.2) is 9.18 Å². The molecule has 0 bridgehead atoms. The van der Waals surface area contributed by atoms with Crippen LogP contribution in [0.25, 0.3) is 0 Å². The number of carbonyl (C=O) groups is 2. The van der Waals surface area contributed by atoms with Crippen LogP contribution < -0.4 is 5.32 Å². The molecular weight excluding hydrogens is 275 g/mol. The van der Waals surface area contributed by atoms with Crippen LogP contribution in [0.1, 0.15) is 24.8 Å². The molecule has 2 rings (SSSR count). The molecule has 0 unspecified atom stereocenters. The van der Waals surface area contributed by atoms with Crippen molar-refractivity contribution in [1.29, 1.82) is 0 Å². The van der Waals surface area contributed by atoms with E-state index in [-0.39, 0.29) is 30.9 Å². The molecule has 1 aliphatic rings. The van der Waals surface area contributed by atoms with E-state index in [4.69, 9.17) is 5.11 Å². The number of hydrogen-bond donors (Lipinski definition) is 2. The Kier molecular flexibility index (Phi) is 5.14. The molecule has 0 aliphatic heterocycles. The Labute approximate surface area is 122 Å². The zero-order valence-corrected chi connectivity index (χ0v) is 11.7. The van der Waals surface area contributed by atoms with Crippen molar-refractivity contribution in [1.82, 2.24) is 10.2 Å². The summed E-state index contributed by atoms with van der Waals surface area (Å²) in [5.41, 5.74) is 0.557. The first-order chi connectivity index (χ1) is 10.1. The van der Waals surface area contributed by atoms with Crippen molar-refractivity contribution < 1.29 is 19.1 Å². The van der Waals surface area contributed by atoms with E-state index >= 15 is 0 Å². The van der Waals surface area contributed by atoms with Crippen LogP contribution in [0.2, 0.25) is 0 Å². The maximum atomic E-state index is 13.4. The summed E-state index contributed by atoms with van der Waals surface area (Å²) >= 11 is 0. The summed E-state index contributed by atoms with van der Waals surface area (Å²) in [5.74, 6) is -1.20. The zero-order valence-electron chi connectivity index (χ0n) is 11.7. The van der Waals surface area contributed by atoms with Crippen molar-refractivity contribution in [2.75, 3.05) is 13.1 Å². The van der Waals surface area contributed by atoms with Crippen LogP contribution in [0.3, 0.4) is 0 Å². The van der Waals surface area contributed by atoms with Gasteiger partial charge >= 0.3 is 12.0 Å². The van der Waals surface area contributed by atoms with Crippen LogP contribution in [0.4, 0.5) is 9.18 Å². The SMILES string of the molecule is O=C(O)CCN(C(=O)NCCc1ccccc1F)C1CC1. The van der Waals surface area contributed by atoms with E-state index in [1.54, 1.807) is 23.1 Å². The summed E-state index contributed by atoms with van der Waals surface area (Å²) in [6.45, 7) is 0.543. The van der Waals surface area contributed by atoms with Crippen LogP contribution in [-0.2, 0) is 11.2 Å². The van der Waals surface area contributed by atoms with Gasteiger partial charge in [-0.3, -0.25) is 4.79 Å². The number of carboxylic acid groups (broad SMARTS) is 1. The molecule has 1 aliphatic carbocycles. The highest BCUT2D eigenvalue weighted by Crippen LogP contribution is 2.26. The van der Waals surface area contributed by atoms with E-state index in [0.717, 1.165) is 12.8 Å². The van der Waals surface area contributed by atoms with Gasteiger partial charge in [0.25, 0.3) is 0 Å². The normalized spacial score (nSPS) is 13.8. The lowest BCUT2D eigenvalue weighted by molar-refractivity contribution is -0.137. The molecule has 0 saturated heterocycles. The largest absolute Gasteiger partial charge is 0.481 e. The van der Waals surface area contributed by atoms with Crippen LogP contribution in [0.5, 0.6) is 0 Å². The Morgan fingerprint density at radius 1 is 1.33 bits per heavy atom. The van der Waals surface area contributed by atoms with Crippen LogP contribution >= 0.6 is 0 Å². The molecule has 0 spiro atoms. The van der Waals surface area contributed by atoms with Gasteiger partial charge in [-0.1, -0.05) is 18.2 Å². The van der Waals surface area contributed by atoms with Gasteiger partial charge in [-0.15, -0.1) is 0 Å². The third-order valence-electron chi connectivity index (χ3n) is 3.44. The van der Waals surface area contributed by atoms with E-state index in [1.807, 2.05) is 0 Å². The van der Waals surface area contributed by atoms with E-state index in [1.165, 1.54) is 6.07 Å². The molecule has 0 aromatic heterocycles. The lowest BCUT2D eigenvalue weighted by Gasteiger charge is -2.22. The summed E-state index contributed by atoms with van der Waals surface area (Å²) in [7, 11) is 0. The summed E-state index contributed by atoms with van der Waals surface area (Å²) in [6, 6.07) is 6.33. The lowest BCUT2D eigenvalue weighted by atomic mass is 10.1. The first-order valence-electron chi connectivity index (χ1n) is 7.07. The van der Waals surface area contributed by atoms with Crippen molar-refractivity contribution >= 4 is 12.0 Å². The van der Waals surface area contributed by atoms with Gasteiger partial charge < -0.3 is 15.3 Å². The second kappa shape index (κ2) is 7.06. The van der Waals surface area contributed by atoms with E-state index in [9.17, 15) is 14.0 Å². The molecule has 2 amide bonds. The number of hydrogen-bond acceptors (Lipinski definition) is 2. The Morgan fingerprint density at radius 2 is 2.05 bits per heavy atom. The molecule has 0 heterocycles. The topological polar surface area (TPSA) is 69.6 Å². The number of benzene rings is 1. The van der Waals surface area contributed by atoms with Crippen molar-refractivity contribution in [3.63, 3.8) is 0 Å². The molecule has 0 atom stereocenters. The minimum Gasteiger partial charge on any atom is -0.481 e. The number of nitrogens with zero attached hydrogens (tertiary/aromatic N) is 1. The Hall–Kier alpha value is -2.11. The Bertz CT molecular complexity index is 517. The fourth-order valence-corrected chi connectivity index (χ4v) is 2.16. The van der Waals surface area contributed by atoms with Crippen LogP contribution in [0.15, 0.2) is 24.3 Å². The first-order valence-corrected chi connectivity index (χ1v) is 7.07. The van der Waals surface area contributed by atoms with Crippen molar-refractivity contribution in [3.05, 3.63) is 35.6 Å². The molecule has 21 heavy (non-hydrogen) atoms. The molecule has 1 fully saturated rings. The number of rotatable bonds is 7. The second-order valence-corrected chi connectivity index (χ2v) is 5.14. The highest BCUT2D eigenvalue weighted by atomic mass is 19.1. The van der Waals surface area contributed by atoms with Gasteiger partial charge in [0.15, 0.2) is 0 Å². The highest BCUT2D eigenvalue weighted by molar-refractivity contribution is 5.76. The number of aliphatic carboxylic acids is 1. The number of nitrogens with one attached hydrogen (secondary N) is 1. The lowest BCUT2D eigenvalue weighted by Crippen LogP contribution is -2.43. The van der Waals surface area contributed by atoms with Gasteiger partial charge in [0.1, 0.15) is 5.82 Å². The number of urea groups is 1. The Morgan fingerprint density at radius 3 is 2.67 bits per heavy atom. The van der Waals surface area contributed by atoms with Gasteiger partial charge in [-0.2, -0.15) is 0 Å². The summed E-state index contributed by atoms with van der Waals surface area (Å²) in [4.78, 5) is 24.2. The number of carboxylic acids is 1. The minimum atomic E-state index is -0.917. The molecule has 114 valence electrons. The van der Waals surface area contributed by atoms with Gasteiger partial charge in [0.2, 0.25) is 0 Å². The predicted octanol–water partition coefficient (Wildman–Crippen LogP) is 2.02. The molecule has 1 aromatic rings. The second-order valence-electron chi connectivity index (χ2n) is 5.14. The molecule has 2 N–H and O–H groups in total. The maximum Gasteiger partial charge on any atom is 0.317 e. The minimum absolute atomic E-state index is 0.0583. The molecule has 6 heteroatoms. The van der Waals surface area contributed by atoms with Gasteiger partial charge in [0, 0.05) is 19.1 Å². The van der Waals surface area contributed by atoms with Gasteiger partial charge in [-0.05, 0) is 30.9 Å². The molecule has 1 aromatic carbocycles. The van der Waals surface area contributed by atoms with Crippen LogP contribution in [-0.4, -0.2) is 41.1 Å². The highest BCUT2D eigenvalue weighted by Gasteiger charge is 2.32. The van der Waals surface area contributed by atoms with E-state index in [2.05, 4.69) is 5.32 Å². The fourth-order valence-electron chi connectivity index (χ4n) is 2.16. The first kappa shape index (κ1) is 15.3. The van der Waals surface area contributed by atoms with Crippen molar-refractivity contribution in [2.24, 2.45) is 0 Å². The van der Waals surface area contributed by atoms with Gasteiger partial charge in [0.05, 0.1) is 6.42 Å². The zero-order chi connectivity index (χ0) is 15.2. The molecule has 5 nitrogen and oxygen atoms in total. The maximum absolute atomic E-state index is 13.4. The number of halogens is 1. The average molecular weight is 294 g/mol. The van der Waals surface area contributed by atoms with E-state index in [0.29, 0.717) is 18.5 Å². The Balaban J connectivity index is 1.79. The fraction of sp³-hybridized carbons (Fsp3) is 0.467. The summed E-state index contributed by atoms with van der Waals surface area (Å²) in [5, 5.41) is 11.4. The molecule has 0 radical (unpaired) electrons. The standard InChI is InChI=1S/C15H19FN2O3/c16-13-4-2-1-3-11(13)7-9-17-15(21)18(12-5-6-12)10-8-14(19)20/h1-4,12H,5-10H2,(H,17,21)(H,19,20). The quantitative estimate of drug-likeness (QED) is 0.808. The van der Waals surface area contributed by atoms with Crippen molar-refractivity contribution in [2.45, 2.75) is 31.7 Å². The number of amides is 2. The van der Waals surface area contributed by atoms with E-state index < -0.39 is 5.97 Å².